The van der Waals surface area contributed by atoms with Gasteiger partial charge in [-0.15, -0.1) is 0 Å². The van der Waals surface area contributed by atoms with Crippen molar-refractivity contribution >= 4 is 69.5 Å². The van der Waals surface area contributed by atoms with Crippen LogP contribution in [0.2, 0.25) is 0 Å². The standard InChI is InChI=1S/C49H54N12O7/c62-41-13-12-40(47(65)56-41)61-48(66)38-11-8-33(27-39(38)49(61)67)50-28-43(64)59-16-14-37(15-17-59)68-23-22-57-18-20-58(21-19-57)35-9-6-32(7-10-35)55-45-44-46(52-29-51-45)60(30-53-44)36-25-34(26-36)54-42(63)24-31-4-2-1-3-5-31/h1-11,27,29-30,34,36-37,40,50H,12-26,28H2,(H,54,63)(H,51,52,55)(H,56,62,65)/t34?,36?,40-/m0/s1. The highest BCUT2D eigenvalue weighted by Gasteiger charge is 2.44. The maximum Gasteiger partial charge on any atom is 0.262 e. The van der Waals surface area contributed by atoms with Crippen molar-refractivity contribution in [1.82, 2.24) is 44.9 Å². The number of piperidine rings is 2. The first-order chi connectivity index (χ1) is 33.1. The molecule has 4 fully saturated rings. The van der Waals surface area contributed by atoms with Crippen molar-refractivity contribution in [1.29, 1.82) is 0 Å². The van der Waals surface area contributed by atoms with Gasteiger partial charge in [0.05, 0.1) is 43.1 Å². The van der Waals surface area contributed by atoms with E-state index in [9.17, 15) is 28.8 Å². The van der Waals surface area contributed by atoms with Crippen LogP contribution in [0.25, 0.3) is 11.2 Å². The number of likely N-dealkylation sites (tertiary alicyclic amines) is 1. The quantitative estimate of drug-likeness (QED) is 0.111. The Morgan fingerprint density at radius 2 is 1.54 bits per heavy atom. The smallest absolute Gasteiger partial charge is 0.262 e. The lowest BCUT2D eigenvalue weighted by molar-refractivity contribution is -0.136. The van der Waals surface area contributed by atoms with Gasteiger partial charge in [-0.25, -0.2) is 15.0 Å². The third-order valence-electron chi connectivity index (χ3n) is 13.7. The molecule has 10 rings (SSSR count). The molecule has 2 aromatic heterocycles. The second-order valence-corrected chi connectivity index (χ2v) is 18.1. The Kier molecular flexibility index (Phi) is 12.8. The zero-order valence-electron chi connectivity index (χ0n) is 37.6. The van der Waals surface area contributed by atoms with E-state index in [0.717, 1.165) is 85.9 Å². The highest BCUT2D eigenvalue weighted by molar-refractivity contribution is 6.23. The molecule has 1 aliphatic carbocycles. The van der Waals surface area contributed by atoms with E-state index in [0.29, 0.717) is 43.1 Å². The molecule has 6 amide bonds. The number of imidazole rings is 1. The SMILES string of the molecule is O=C1CC[C@H](N2C(=O)c3ccc(NCC(=O)N4CCC(OCCN5CCN(c6ccc(Nc7ncnc8c7ncn8C7CC(NC(=O)Cc8ccccc8)C7)cc6)CC5)CC4)cc3C2=O)C(=O)N1. The summed E-state index contributed by atoms with van der Waals surface area (Å²) in [5, 5.41) is 11.9. The summed E-state index contributed by atoms with van der Waals surface area (Å²) in [4.78, 5) is 97.2. The Labute approximate surface area is 392 Å². The second kappa shape index (κ2) is 19.5. The third-order valence-corrected chi connectivity index (χ3v) is 13.7. The maximum absolute atomic E-state index is 13.2. The van der Waals surface area contributed by atoms with Crippen molar-refractivity contribution in [2.45, 2.75) is 69.2 Å². The van der Waals surface area contributed by atoms with E-state index in [2.05, 4.69) is 74.9 Å². The van der Waals surface area contributed by atoms with Gasteiger partial charge < -0.3 is 35.1 Å². The first kappa shape index (κ1) is 44.6. The number of aromatic nitrogens is 4. The Morgan fingerprint density at radius 1 is 0.794 bits per heavy atom. The lowest BCUT2D eigenvalue weighted by Crippen LogP contribution is -2.54. The van der Waals surface area contributed by atoms with Gasteiger partial charge in [0, 0.05) is 81.4 Å². The molecule has 5 aromatic rings. The zero-order valence-corrected chi connectivity index (χ0v) is 37.6. The van der Waals surface area contributed by atoms with E-state index in [-0.39, 0.29) is 60.5 Å². The molecule has 4 aliphatic heterocycles. The largest absolute Gasteiger partial charge is 0.377 e. The van der Waals surface area contributed by atoms with Crippen LogP contribution in [0.15, 0.2) is 85.5 Å². The Balaban J connectivity index is 0.616. The minimum absolute atomic E-state index is 0.0262. The summed E-state index contributed by atoms with van der Waals surface area (Å²) in [5.41, 5.74) is 5.41. The predicted octanol–water partition coefficient (Wildman–Crippen LogP) is 3.28. The molecule has 1 saturated carbocycles. The van der Waals surface area contributed by atoms with Crippen molar-refractivity contribution < 1.29 is 33.5 Å². The van der Waals surface area contributed by atoms with E-state index < -0.39 is 29.7 Å². The Bertz CT molecular complexity index is 2710. The van der Waals surface area contributed by atoms with E-state index in [1.807, 2.05) is 41.6 Å². The summed E-state index contributed by atoms with van der Waals surface area (Å²) < 4.78 is 8.36. The number of rotatable bonds is 15. The Hall–Kier alpha value is -7.25. The molecule has 5 aliphatic rings. The number of benzene rings is 3. The number of anilines is 4. The summed E-state index contributed by atoms with van der Waals surface area (Å²) in [6.07, 6.45) is 7.14. The van der Waals surface area contributed by atoms with Crippen molar-refractivity contribution in [2.75, 3.05) is 74.5 Å². The van der Waals surface area contributed by atoms with Crippen LogP contribution in [-0.2, 0) is 30.3 Å². The van der Waals surface area contributed by atoms with Crippen molar-refractivity contribution in [3.05, 3.63) is 102 Å². The molecule has 3 saturated heterocycles. The molecule has 0 spiro atoms. The van der Waals surface area contributed by atoms with E-state index in [1.165, 1.54) is 12.1 Å². The van der Waals surface area contributed by atoms with Crippen LogP contribution in [0.1, 0.15) is 70.8 Å². The van der Waals surface area contributed by atoms with Gasteiger partial charge in [-0.2, -0.15) is 0 Å². The van der Waals surface area contributed by atoms with Gasteiger partial charge in [0.1, 0.15) is 12.4 Å². The van der Waals surface area contributed by atoms with Crippen molar-refractivity contribution in [3.63, 3.8) is 0 Å². The molecular weight excluding hydrogens is 869 g/mol. The number of amides is 6. The van der Waals surface area contributed by atoms with Gasteiger partial charge in [0.15, 0.2) is 17.0 Å². The van der Waals surface area contributed by atoms with E-state index in [4.69, 9.17) is 4.74 Å². The molecule has 19 nitrogen and oxygen atoms in total. The normalized spacial score (nSPS) is 21.1. The van der Waals surface area contributed by atoms with Gasteiger partial charge in [0.2, 0.25) is 23.6 Å². The molecule has 4 N–H and O–H groups in total. The lowest BCUT2D eigenvalue weighted by atomic mass is 9.86. The minimum atomic E-state index is -1.03. The number of carbonyl (C=O) groups excluding carboxylic acids is 6. The van der Waals surface area contributed by atoms with Crippen LogP contribution in [0.4, 0.5) is 22.9 Å². The average molecular weight is 923 g/mol. The maximum atomic E-state index is 13.2. The first-order valence-electron chi connectivity index (χ1n) is 23.5. The Morgan fingerprint density at radius 3 is 2.31 bits per heavy atom. The highest BCUT2D eigenvalue weighted by atomic mass is 16.5. The number of nitrogens with zero attached hydrogens (tertiary/aromatic N) is 8. The third kappa shape index (κ3) is 9.62. The van der Waals surface area contributed by atoms with Crippen LogP contribution in [-0.4, -0.2) is 147 Å². The lowest BCUT2D eigenvalue weighted by Gasteiger charge is -2.37. The number of nitrogens with one attached hydrogen (secondary N) is 4. The van der Waals surface area contributed by atoms with Gasteiger partial charge in [-0.1, -0.05) is 30.3 Å². The molecule has 19 heteroatoms. The average Bonchev–Trinajstić information content (AvgIpc) is 3.88. The predicted molar refractivity (Wildman–Crippen MR) is 251 cm³/mol. The molecule has 68 heavy (non-hydrogen) atoms. The summed E-state index contributed by atoms with van der Waals surface area (Å²) in [7, 11) is 0. The van der Waals surface area contributed by atoms with Crippen molar-refractivity contribution in [3.8, 4) is 0 Å². The molecular formula is C49H54N12O7. The van der Waals surface area contributed by atoms with E-state index in [1.54, 1.807) is 12.4 Å². The number of carbonyl (C=O) groups is 6. The molecule has 1 atom stereocenters. The van der Waals surface area contributed by atoms with Crippen LogP contribution < -0.4 is 26.2 Å². The van der Waals surface area contributed by atoms with Gasteiger partial charge in [-0.3, -0.25) is 43.9 Å². The molecule has 352 valence electrons. The number of fused-ring (bicyclic) bond motifs is 2. The minimum Gasteiger partial charge on any atom is -0.377 e. The van der Waals surface area contributed by atoms with E-state index >= 15 is 0 Å². The summed E-state index contributed by atoms with van der Waals surface area (Å²) in [6.45, 7) is 6.35. The molecule has 0 bridgehead atoms. The second-order valence-electron chi connectivity index (χ2n) is 18.1. The number of ether oxygens (including phenoxy) is 1. The zero-order chi connectivity index (χ0) is 46.7. The van der Waals surface area contributed by atoms with Gasteiger partial charge in [0.25, 0.3) is 11.8 Å². The van der Waals surface area contributed by atoms with Crippen LogP contribution in [0.3, 0.4) is 0 Å². The van der Waals surface area contributed by atoms with Crippen LogP contribution in [0, 0.1) is 0 Å². The summed E-state index contributed by atoms with van der Waals surface area (Å²) in [5.74, 6) is -1.63. The number of hydrogen-bond acceptors (Lipinski definition) is 14. The van der Waals surface area contributed by atoms with Crippen LogP contribution >= 0.6 is 0 Å². The fourth-order valence-corrected chi connectivity index (χ4v) is 9.82. The number of hydrogen-bond donors (Lipinski definition) is 4. The molecule has 0 radical (unpaired) electrons. The first-order valence-corrected chi connectivity index (χ1v) is 23.5. The highest BCUT2D eigenvalue weighted by Crippen LogP contribution is 2.36. The number of imide groups is 2. The summed E-state index contributed by atoms with van der Waals surface area (Å²) >= 11 is 0. The van der Waals surface area contributed by atoms with Gasteiger partial charge >= 0.3 is 0 Å². The fourth-order valence-electron chi connectivity index (χ4n) is 9.82. The fraction of sp³-hybridized carbons (Fsp3) is 0.408. The van der Waals surface area contributed by atoms with Crippen molar-refractivity contribution in [2.24, 2.45) is 0 Å². The molecule has 0 unspecified atom stereocenters. The summed E-state index contributed by atoms with van der Waals surface area (Å²) in [6, 6.07) is 22.2. The topological polar surface area (TPSA) is 216 Å². The molecule has 6 heterocycles. The van der Waals surface area contributed by atoms with Crippen LogP contribution in [0.5, 0.6) is 0 Å². The number of piperazine rings is 1. The molecule has 3 aromatic carbocycles. The monoisotopic (exact) mass is 922 g/mol. The van der Waals surface area contributed by atoms with Gasteiger partial charge in [-0.05, 0) is 80.1 Å².